The zero-order valence-electron chi connectivity index (χ0n) is 10.4. The fraction of sp³-hybridized carbons (Fsp3) is 1.00. The summed E-state index contributed by atoms with van der Waals surface area (Å²) >= 11 is 0. The Morgan fingerprint density at radius 3 is 2.40 bits per heavy atom. The average Bonchev–Trinajstić information content (AvgIpc) is 2.22. The van der Waals surface area contributed by atoms with Gasteiger partial charge in [0.05, 0.1) is 25.9 Å². The van der Waals surface area contributed by atoms with Gasteiger partial charge in [-0.1, -0.05) is 0 Å². The predicted octanol–water partition coefficient (Wildman–Crippen LogP) is 1.05. The molecule has 1 unspecified atom stereocenters. The van der Waals surface area contributed by atoms with E-state index in [1.807, 2.05) is 20.9 Å². The molecular formula is C11H25NO3. The Labute approximate surface area is 93.3 Å². The highest BCUT2D eigenvalue weighted by atomic mass is 16.5. The summed E-state index contributed by atoms with van der Waals surface area (Å²) in [5.41, 5.74) is 0. The maximum absolute atomic E-state index is 5.53. The van der Waals surface area contributed by atoms with E-state index in [1.54, 1.807) is 7.11 Å². The Morgan fingerprint density at radius 2 is 1.87 bits per heavy atom. The van der Waals surface area contributed by atoms with E-state index in [0.29, 0.717) is 19.3 Å². The molecule has 0 heterocycles. The molecule has 4 nitrogen and oxygen atoms in total. The molecule has 0 saturated carbocycles. The van der Waals surface area contributed by atoms with Crippen LogP contribution >= 0.6 is 0 Å². The highest BCUT2D eigenvalue weighted by Gasteiger charge is 2.06. The van der Waals surface area contributed by atoms with E-state index in [1.165, 1.54) is 0 Å². The standard InChI is InChI=1S/C11H25NO3/c1-10(2)15-9-11(12-3)5-6-14-8-7-13-4/h10-12H,5-9H2,1-4H3. The Hall–Kier alpha value is -0.160. The molecule has 0 rings (SSSR count). The summed E-state index contributed by atoms with van der Waals surface area (Å²) in [4.78, 5) is 0. The van der Waals surface area contributed by atoms with Gasteiger partial charge in [-0.15, -0.1) is 0 Å². The minimum Gasteiger partial charge on any atom is -0.382 e. The quantitative estimate of drug-likeness (QED) is 0.558. The minimum absolute atomic E-state index is 0.287. The maximum Gasteiger partial charge on any atom is 0.0700 e. The maximum atomic E-state index is 5.53. The molecule has 0 amide bonds. The van der Waals surface area contributed by atoms with Crippen LogP contribution in [0.3, 0.4) is 0 Å². The number of nitrogens with one attached hydrogen (secondary N) is 1. The fourth-order valence-electron chi connectivity index (χ4n) is 1.09. The van der Waals surface area contributed by atoms with Crippen molar-refractivity contribution in [2.24, 2.45) is 0 Å². The van der Waals surface area contributed by atoms with Crippen molar-refractivity contribution in [3.8, 4) is 0 Å². The second-order valence-electron chi connectivity index (χ2n) is 3.76. The van der Waals surface area contributed by atoms with Crippen LogP contribution in [0.4, 0.5) is 0 Å². The van der Waals surface area contributed by atoms with Crippen molar-refractivity contribution >= 4 is 0 Å². The van der Waals surface area contributed by atoms with Crippen molar-refractivity contribution in [2.75, 3.05) is 40.6 Å². The van der Waals surface area contributed by atoms with Crippen molar-refractivity contribution in [3.63, 3.8) is 0 Å². The molecular weight excluding hydrogens is 194 g/mol. The van der Waals surface area contributed by atoms with Crippen LogP contribution in [-0.2, 0) is 14.2 Å². The van der Waals surface area contributed by atoms with E-state index in [-0.39, 0.29) is 6.10 Å². The van der Waals surface area contributed by atoms with E-state index in [0.717, 1.165) is 19.6 Å². The SMILES string of the molecule is CNC(CCOCCOC)COC(C)C. The first kappa shape index (κ1) is 14.8. The number of likely N-dealkylation sites (N-methyl/N-ethyl adjacent to an activating group) is 1. The third-order valence-corrected chi connectivity index (χ3v) is 2.08. The Balaban J connectivity index is 3.36. The largest absolute Gasteiger partial charge is 0.382 e. The van der Waals surface area contributed by atoms with Crippen LogP contribution in [0.25, 0.3) is 0 Å². The highest BCUT2D eigenvalue weighted by Crippen LogP contribution is 1.97. The lowest BCUT2D eigenvalue weighted by atomic mass is 10.2. The number of rotatable bonds is 10. The average molecular weight is 219 g/mol. The summed E-state index contributed by atoms with van der Waals surface area (Å²) in [5, 5.41) is 3.21. The lowest BCUT2D eigenvalue weighted by molar-refractivity contribution is 0.0397. The fourth-order valence-corrected chi connectivity index (χ4v) is 1.09. The third-order valence-electron chi connectivity index (χ3n) is 2.08. The first-order valence-corrected chi connectivity index (χ1v) is 5.56. The van der Waals surface area contributed by atoms with Crippen molar-refractivity contribution in [3.05, 3.63) is 0 Å². The molecule has 0 aromatic rings. The van der Waals surface area contributed by atoms with Crippen LogP contribution in [0, 0.1) is 0 Å². The van der Waals surface area contributed by atoms with Gasteiger partial charge in [0.25, 0.3) is 0 Å². The van der Waals surface area contributed by atoms with Crippen molar-refractivity contribution in [1.82, 2.24) is 5.32 Å². The molecule has 0 aliphatic carbocycles. The summed E-state index contributed by atoms with van der Waals surface area (Å²) in [6, 6.07) is 0.370. The Kier molecular flexibility index (Phi) is 10.3. The molecule has 0 bridgehead atoms. The van der Waals surface area contributed by atoms with Gasteiger partial charge in [-0.2, -0.15) is 0 Å². The van der Waals surface area contributed by atoms with Crippen molar-refractivity contribution < 1.29 is 14.2 Å². The van der Waals surface area contributed by atoms with E-state index in [4.69, 9.17) is 14.2 Å². The number of ether oxygens (including phenoxy) is 3. The van der Waals surface area contributed by atoms with Crippen LogP contribution in [0.1, 0.15) is 20.3 Å². The van der Waals surface area contributed by atoms with Gasteiger partial charge in [-0.3, -0.25) is 0 Å². The first-order valence-electron chi connectivity index (χ1n) is 5.56. The van der Waals surface area contributed by atoms with Crippen molar-refractivity contribution in [1.29, 1.82) is 0 Å². The molecule has 0 aromatic carbocycles. The summed E-state index contributed by atoms with van der Waals surface area (Å²) in [7, 11) is 3.62. The Morgan fingerprint density at radius 1 is 1.13 bits per heavy atom. The monoisotopic (exact) mass is 219 g/mol. The van der Waals surface area contributed by atoms with Gasteiger partial charge in [0.15, 0.2) is 0 Å². The highest BCUT2D eigenvalue weighted by molar-refractivity contribution is 4.63. The van der Waals surface area contributed by atoms with Crippen LogP contribution < -0.4 is 5.32 Å². The molecule has 0 aliphatic rings. The van der Waals surface area contributed by atoms with Crippen LogP contribution in [-0.4, -0.2) is 52.7 Å². The van der Waals surface area contributed by atoms with Gasteiger partial charge < -0.3 is 19.5 Å². The molecule has 1 N–H and O–H groups in total. The molecule has 0 spiro atoms. The predicted molar refractivity (Wildman–Crippen MR) is 61.2 cm³/mol. The van der Waals surface area contributed by atoms with Gasteiger partial charge in [0, 0.05) is 19.8 Å². The Bertz CT molecular complexity index is 131. The van der Waals surface area contributed by atoms with Gasteiger partial charge in [-0.25, -0.2) is 0 Å². The first-order chi connectivity index (χ1) is 7.20. The number of hydrogen-bond donors (Lipinski definition) is 1. The van der Waals surface area contributed by atoms with Gasteiger partial charge >= 0.3 is 0 Å². The van der Waals surface area contributed by atoms with Crippen molar-refractivity contribution in [2.45, 2.75) is 32.4 Å². The normalized spacial score (nSPS) is 13.4. The third kappa shape index (κ3) is 10.1. The van der Waals surface area contributed by atoms with Crippen LogP contribution in [0.5, 0.6) is 0 Å². The van der Waals surface area contributed by atoms with Gasteiger partial charge in [-0.05, 0) is 27.3 Å². The lowest BCUT2D eigenvalue weighted by Crippen LogP contribution is -2.32. The van der Waals surface area contributed by atoms with Crippen LogP contribution in [0.2, 0.25) is 0 Å². The second-order valence-corrected chi connectivity index (χ2v) is 3.76. The zero-order chi connectivity index (χ0) is 11.5. The van der Waals surface area contributed by atoms with E-state index in [2.05, 4.69) is 5.32 Å². The van der Waals surface area contributed by atoms with Crippen LogP contribution in [0.15, 0.2) is 0 Å². The van der Waals surface area contributed by atoms with Gasteiger partial charge in [0.2, 0.25) is 0 Å². The summed E-state index contributed by atoms with van der Waals surface area (Å²) < 4.78 is 15.8. The molecule has 15 heavy (non-hydrogen) atoms. The topological polar surface area (TPSA) is 39.7 Å². The molecule has 0 radical (unpaired) electrons. The van der Waals surface area contributed by atoms with E-state index < -0.39 is 0 Å². The molecule has 0 fully saturated rings. The number of hydrogen-bond acceptors (Lipinski definition) is 4. The molecule has 0 saturated heterocycles. The minimum atomic E-state index is 0.287. The number of methoxy groups -OCH3 is 1. The molecule has 1 atom stereocenters. The smallest absolute Gasteiger partial charge is 0.0700 e. The molecule has 0 aliphatic heterocycles. The molecule has 0 aromatic heterocycles. The summed E-state index contributed by atoms with van der Waals surface area (Å²) in [6.07, 6.45) is 1.25. The summed E-state index contributed by atoms with van der Waals surface area (Å²) in [6.45, 7) is 6.90. The van der Waals surface area contributed by atoms with E-state index >= 15 is 0 Å². The second kappa shape index (κ2) is 10.4. The lowest BCUT2D eigenvalue weighted by Gasteiger charge is -2.17. The zero-order valence-corrected chi connectivity index (χ0v) is 10.4. The molecule has 4 heteroatoms. The molecule has 92 valence electrons. The van der Waals surface area contributed by atoms with E-state index in [9.17, 15) is 0 Å². The summed E-state index contributed by atoms with van der Waals surface area (Å²) in [5.74, 6) is 0. The van der Waals surface area contributed by atoms with Gasteiger partial charge in [0.1, 0.15) is 0 Å².